The van der Waals surface area contributed by atoms with Crippen molar-refractivity contribution in [3.05, 3.63) is 22.9 Å². The third kappa shape index (κ3) is 4.43. The van der Waals surface area contributed by atoms with Gasteiger partial charge in [0.1, 0.15) is 11.9 Å². The highest BCUT2D eigenvalue weighted by Gasteiger charge is 2.21. The smallest absolute Gasteiger partial charge is 0.144 e. The number of ether oxygens (including phenoxy) is 1. The van der Waals surface area contributed by atoms with Crippen molar-refractivity contribution in [3.8, 4) is 6.07 Å². The van der Waals surface area contributed by atoms with Crippen molar-refractivity contribution in [1.82, 2.24) is 9.88 Å². The Morgan fingerprint density at radius 1 is 1.36 bits per heavy atom. The number of rotatable bonds is 5. The summed E-state index contributed by atoms with van der Waals surface area (Å²) in [6, 6.07) is 4.19. The van der Waals surface area contributed by atoms with Crippen molar-refractivity contribution in [2.45, 2.75) is 46.3 Å². The van der Waals surface area contributed by atoms with Crippen molar-refractivity contribution in [3.63, 3.8) is 0 Å². The molecule has 0 aliphatic carbocycles. The van der Waals surface area contributed by atoms with E-state index < -0.39 is 0 Å². The lowest BCUT2D eigenvalue weighted by Gasteiger charge is -2.35. The molecule has 22 heavy (non-hydrogen) atoms. The molecule has 2 rings (SSSR count). The zero-order chi connectivity index (χ0) is 16.1. The van der Waals surface area contributed by atoms with E-state index in [1.165, 1.54) is 0 Å². The molecule has 0 spiro atoms. The van der Waals surface area contributed by atoms with Gasteiger partial charge in [0.25, 0.3) is 0 Å². The van der Waals surface area contributed by atoms with Crippen LogP contribution < -0.4 is 5.32 Å². The first-order chi connectivity index (χ1) is 10.5. The molecule has 1 aliphatic rings. The van der Waals surface area contributed by atoms with Crippen LogP contribution in [-0.4, -0.2) is 48.3 Å². The van der Waals surface area contributed by atoms with E-state index in [0.29, 0.717) is 23.6 Å². The third-order valence-electron chi connectivity index (χ3n) is 3.90. The monoisotopic (exact) mass is 302 g/mol. The van der Waals surface area contributed by atoms with Crippen LogP contribution in [0.15, 0.2) is 6.07 Å². The average molecular weight is 302 g/mol. The van der Waals surface area contributed by atoms with E-state index in [-0.39, 0.29) is 0 Å². The van der Waals surface area contributed by atoms with E-state index in [9.17, 15) is 5.26 Å². The van der Waals surface area contributed by atoms with Gasteiger partial charge in [-0.15, -0.1) is 0 Å². The minimum atomic E-state index is 0.308. The molecule has 0 bridgehead atoms. The van der Waals surface area contributed by atoms with Crippen LogP contribution >= 0.6 is 0 Å². The molecule has 1 aliphatic heterocycles. The van der Waals surface area contributed by atoms with Gasteiger partial charge >= 0.3 is 0 Å². The summed E-state index contributed by atoms with van der Waals surface area (Å²) < 4.78 is 5.75. The normalized spacial score (nSPS) is 22.3. The molecule has 1 aromatic rings. The highest BCUT2D eigenvalue weighted by atomic mass is 16.5. The fourth-order valence-electron chi connectivity index (χ4n) is 3.08. The summed E-state index contributed by atoms with van der Waals surface area (Å²) in [6.45, 7) is 12.0. The van der Waals surface area contributed by atoms with Gasteiger partial charge in [0, 0.05) is 31.9 Å². The minimum absolute atomic E-state index is 0.308. The van der Waals surface area contributed by atoms with E-state index in [2.05, 4.69) is 35.1 Å². The Kier molecular flexibility index (Phi) is 5.76. The molecule has 2 unspecified atom stereocenters. The second-order valence-corrected chi connectivity index (χ2v) is 6.21. The number of aryl methyl sites for hydroxylation is 2. The Hall–Kier alpha value is -1.64. The van der Waals surface area contributed by atoms with Crippen LogP contribution in [0.5, 0.6) is 0 Å². The number of aromatic nitrogens is 1. The molecule has 1 aromatic heterocycles. The Morgan fingerprint density at radius 3 is 2.68 bits per heavy atom. The maximum Gasteiger partial charge on any atom is 0.144 e. The van der Waals surface area contributed by atoms with Crippen molar-refractivity contribution in [2.75, 3.05) is 31.5 Å². The fourth-order valence-corrected chi connectivity index (χ4v) is 3.08. The molecule has 0 amide bonds. The van der Waals surface area contributed by atoms with Gasteiger partial charge in [0.2, 0.25) is 0 Å². The quantitative estimate of drug-likeness (QED) is 0.847. The highest BCUT2D eigenvalue weighted by Crippen LogP contribution is 2.17. The summed E-state index contributed by atoms with van der Waals surface area (Å²) in [7, 11) is 0. The van der Waals surface area contributed by atoms with E-state index >= 15 is 0 Å². The molecule has 2 heterocycles. The maximum absolute atomic E-state index is 9.26. The van der Waals surface area contributed by atoms with Gasteiger partial charge < -0.3 is 10.1 Å². The third-order valence-corrected chi connectivity index (χ3v) is 3.90. The number of morpholine rings is 1. The van der Waals surface area contributed by atoms with Crippen LogP contribution in [0, 0.1) is 25.2 Å². The summed E-state index contributed by atoms with van der Waals surface area (Å²) in [5.74, 6) is 0.712. The van der Waals surface area contributed by atoms with Gasteiger partial charge in [-0.1, -0.05) is 0 Å². The predicted octanol–water partition coefficient (Wildman–Crippen LogP) is 2.48. The highest BCUT2D eigenvalue weighted by molar-refractivity contribution is 5.56. The number of hydrogen-bond acceptors (Lipinski definition) is 5. The lowest BCUT2D eigenvalue weighted by molar-refractivity contribution is -0.0678. The number of hydrogen-bond donors (Lipinski definition) is 1. The van der Waals surface area contributed by atoms with Gasteiger partial charge in [-0.25, -0.2) is 4.98 Å². The summed E-state index contributed by atoms with van der Waals surface area (Å²) in [5.41, 5.74) is 2.57. The van der Waals surface area contributed by atoms with Gasteiger partial charge in [-0.05, 0) is 45.7 Å². The molecule has 0 saturated carbocycles. The Bertz CT molecular complexity index is 542. The predicted molar refractivity (Wildman–Crippen MR) is 88.0 cm³/mol. The van der Waals surface area contributed by atoms with Crippen LogP contribution in [0.25, 0.3) is 0 Å². The van der Waals surface area contributed by atoms with Gasteiger partial charge in [0.15, 0.2) is 0 Å². The van der Waals surface area contributed by atoms with E-state index in [0.717, 1.165) is 43.9 Å². The van der Waals surface area contributed by atoms with E-state index in [1.807, 2.05) is 19.9 Å². The summed E-state index contributed by atoms with van der Waals surface area (Å²) >= 11 is 0. The largest absolute Gasteiger partial charge is 0.373 e. The molecule has 5 heteroatoms. The number of nitrogens with zero attached hydrogens (tertiary/aromatic N) is 3. The fraction of sp³-hybridized carbons (Fsp3) is 0.647. The van der Waals surface area contributed by atoms with Crippen LogP contribution in [0.3, 0.4) is 0 Å². The molecule has 0 aromatic carbocycles. The number of anilines is 1. The number of nitriles is 1. The van der Waals surface area contributed by atoms with Gasteiger partial charge in [0.05, 0.1) is 17.8 Å². The average Bonchev–Trinajstić information content (AvgIpc) is 2.42. The molecule has 2 atom stereocenters. The van der Waals surface area contributed by atoms with Crippen LogP contribution in [0.4, 0.5) is 5.82 Å². The summed E-state index contributed by atoms with van der Waals surface area (Å²) in [4.78, 5) is 6.89. The lowest BCUT2D eigenvalue weighted by Crippen LogP contribution is -2.45. The molecule has 120 valence electrons. The first kappa shape index (κ1) is 16.7. The zero-order valence-electron chi connectivity index (χ0n) is 14.0. The first-order valence-corrected chi connectivity index (χ1v) is 7.99. The molecular weight excluding hydrogens is 276 g/mol. The Morgan fingerprint density at radius 2 is 2.05 bits per heavy atom. The second kappa shape index (κ2) is 7.57. The number of pyridine rings is 1. The van der Waals surface area contributed by atoms with E-state index in [4.69, 9.17) is 4.74 Å². The van der Waals surface area contributed by atoms with Crippen molar-refractivity contribution < 1.29 is 4.74 Å². The molecule has 1 saturated heterocycles. The van der Waals surface area contributed by atoms with Crippen LogP contribution in [0.1, 0.15) is 37.1 Å². The Balaban J connectivity index is 1.83. The van der Waals surface area contributed by atoms with Crippen molar-refractivity contribution in [2.24, 2.45) is 0 Å². The van der Waals surface area contributed by atoms with Crippen molar-refractivity contribution >= 4 is 5.82 Å². The Labute approximate surface area is 133 Å². The molecule has 5 nitrogen and oxygen atoms in total. The van der Waals surface area contributed by atoms with E-state index in [1.54, 1.807) is 0 Å². The molecular formula is C17H26N4O. The standard InChI is InChI=1S/C17H26N4O/c1-12-8-13(2)20-17(16(12)9-18)19-6-5-7-21-10-14(3)22-15(4)11-21/h8,14-15H,5-7,10-11H2,1-4H3,(H,19,20). The second-order valence-electron chi connectivity index (χ2n) is 6.21. The molecule has 1 N–H and O–H groups in total. The van der Waals surface area contributed by atoms with Gasteiger partial charge in [-0.2, -0.15) is 5.26 Å². The SMILES string of the molecule is Cc1cc(C)c(C#N)c(NCCCN2CC(C)OC(C)C2)n1. The lowest BCUT2D eigenvalue weighted by atomic mass is 10.1. The first-order valence-electron chi connectivity index (χ1n) is 7.99. The summed E-state index contributed by atoms with van der Waals surface area (Å²) in [5, 5.41) is 12.6. The molecule has 1 fully saturated rings. The topological polar surface area (TPSA) is 61.2 Å². The zero-order valence-corrected chi connectivity index (χ0v) is 14.0. The van der Waals surface area contributed by atoms with Crippen LogP contribution in [0.2, 0.25) is 0 Å². The van der Waals surface area contributed by atoms with Crippen molar-refractivity contribution in [1.29, 1.82) is 5.26 Å². The van der Waals surface area contributed by atoms with Crippen LogP contribution in [-0.2, 0) is 4.74 Å². The number of nitrogens with one attached hydrogen (secondary N) is 1. The molecule has 0 radical (unpaired) electrons. The summed E-state index contributed by atoms with van der Waals surface area (Å²) in [6.07, 6.45) is 1.64. The van der Waals surface area contributed by atoms with Gasteiger partial charge in [-0.3, -0.25) is 4.90 Å². The minimum Gasteiger partial charge on any atom is -0.373 e. The maximum atomic E-state index is 9.26.